The molecule has 0 saturated heterocycles. The van der Waals surface area contributed by atoms with Gasteiger partial charge in [0, 0.05) is 26.0 Å². The van der Waals surface area contributed by atoms with Gasteiger partial charge in [0.15, 0.2) is 0 Å². The number of nitrogens with one attached hydrogen (secondary N) is 3. The van der Waals surface area contributed by atoms with Crippen LogP contribution in [0.25, 0.3) is 6.08 Å². The van der Waals surface area contributed by atoms with Gasteiger partial charge in [-0.2, -0.15) is 5.26 Å². The van der Waals surface area contributed by atoms with Gasteiger partial charge >= 0.3 is 0 Å². The first-order chi connectivity index (χ1) is 24.3. The van der Waals surface area contributed by atoms with Crippen LogP contribution in [0.3, 0.4) is 0 Å². The smallest absolute Gasteiger partial charge is 0.272 e. The maximum absolute atomic E-state index is 13.5. The SMILES string of the molecule is CC(Sc1cccc(NC(=O)/C(=C/c2ccc(Cl)cc2)NC(=O)c2ccccc2)c1)C(=O)Nc1sc2c(c1C#N)CCC(c1ccccc1)C2. The van der Waals surface area contributed by atoms with Crippen molar-refractivity contribution >= 4 is 69.2 Å². The third-order valence-electron chi connectivity index (χ3n) is 8.37. The van der Waals surface area contributed by atoms with Crippen LogP contribution in [0.1, 0.15) is 56.8 Å². The van der Waals surface area contributed by atoms with Crippen LogP contribution in [0, 0.1) is 11.3 Å². The Hall–Kier alpha value is -5.14. The van der Waals surface area contributed by atoms with E-state index in [0.717, 1.165) is 34.6 Å². The molecule has 5 aromatic rings. The summed E-state index contributed by atoms with van der Waals surface area (Å²) in [4.78, 5) is 41.8. The van der Waals surface area contributed by atoms with E-state index in [1.165, 1.54) is 28.7 Å². The summed E-state index contributed by atoms with van der Waals surface area (Å²) in [7, 11) is 0. The van der Waals surface area contributed by atoms with Crippen molar-refractivity contribution in [1.29, 1.82) is 5.26 Å². The number of thioether (sulfide) groups is 1. The molecule has 3 amide bonds. The molecule has 1 aliphatic rings. The Bertz CT molecular complexity index is 2090. The van der Waals surface area contributed by atoms with Gasteiger partial charge in [0.25, 0.3) is 11.8 Å². The maximum Gasteiger partial charge on any atom is 0.272 e. The highest BCUT2D eigenvalue weighted by atomic mass is 35.5. The highest BCUT2D eigenvalue weighted by molar-refractivity contribution is 8.00. The average Bonchev–Trinajstić information content (AvgIpc) is 3.49. The Balaban J connectivity index is 1.12. The van der Waals surface area contributed by atoms with Crippen molar-refractivity contribution in [2.75, 3.05) is 10.6 Å². The van der Waals surface area contributed by atoms with Crippen LogP contribution in [-0.2, 0) is 22.4 Å². The number of amides is 3. The summed E-state index contributed by atoms with van der Waals surface area (Å²) in [5, 5.41) is 19.3. The van der Waals surface area contributed by atoms with Gasteiger partial charge in [0.2, 0.25) is 5.91 Å². The van der Waals surface area contributed by atoms with Crippen molar-refractivity contribution in [1.82, 2.24) is 5.32 Å². The second kappa shape index (κ2) is 16.0. The summed E-state index contributed by atoms with van der Waals surface area (Å²) in [6.45, 7) is 1.81. The number of anilines is 2. The Morgan fingerprint density at radius 3 is 2.38 bits per heavy atom. The van der Waals surface area contributed by atoms with Gasteiger partial charge < -0.3 is 16.0 Å². The molecule has 10 heteroatoms. The van der Waals surface area contributed by atoms with E-state index in [2.05, 4.69) is 46.3 Å². The molecule has 1 aliphatic carbocycles. The zero-order valence-corrected chi connectivity index (χ0v) is 29.5. The predicted octanol–water partition coefficient (Wildman–Crippen LogP) is 9.07. The molecular weight excluding hydrogens is 684 g/mol. The van der Waals surface area contributed by atoms with Crippen LogP contribution < -0.4 is 16.0 Å². The molecule has 0 spiro atoms. The van der Waals surface area contributed by atoms with Crippen LogP contribution >= 0.6 is 34.7 Å². The number of benzene rings is 4. The fourth-order valence-corrected chi connectivity index (χ4v) is 8.12. The minimum absolute atomic E-state index is 0.0500. The van der Waals surface area contributed by atoms with Gasteiger partial charge in [-0.15, -0.1) is 23.1 Å². The molecule has 0 bridgehead atoms. The molecule has 2 unspecified atom stereocenters. The number of nitrogens with zero attached hydrogens (tertiary/aromatic N) is 1. The maximum atomic E-state index is 13.5. The number of carbonyl (C=O) groups excluding carboxylic acids is 3. The molecule has 2 atom stereocenters. The number of nitriles is 1. The van der Waals surface area contributed by atoms with Crippen LogP contribution in [0.5, 0.6) is 0 Å². The second-order valence-corrected chi connectivity index (χ2v) is 14.8. The van der Waals surface area contributed by atoms with Crippen LogP contribution in [0.15, 0.2) is 120 Å². The van der Waals surface area contributed by atoms with Gasteiger partial charge in [-0.05, 0) is 97.3 Å². The molecular formula is C40H33ClN4O3S2. The second-order valence-electron chi connectivity index (χ2n) is 11.8. The number of rotatable bonds is 10. The van der Waals surface area contributed by atoms with E-state index in [1.54, 1.807) is 72.8 Å². The van der Waals surface area contributed by atoms with Gasteiger partial charge in [-0.3, -0.25) is 14.4 Å². The monoisotopic (exact) mass is 716 g/mol. The Morgan fingerprint density at radius 2 is 1.66 bits per heavy atom. The lowest BCUT2D eigenvalue weighted by atomic mass is 9.83. The van der Waals surface area contributed by atoms with Gasteiger partial charge in [0.1, 0.15) is 16.8 Å². The zero-order chi connectivity index (χ0) is 35.0. The molecule has 0 fully saturated rings. The molecule has 6 rings (SSSR count). The first-order valence-electron chi connectivity index (χ1n) is 16.1. The Morgan fingerprint density at radius 1 is 0.940 bits per heavy atom. The van der Waals surface area contributed by atoms with E-state index in [1.807, 2.05) is 25.1 Å². The predicted molar refractivity (Wildman–Crippen MR) is 203 cm³/mol. The standard InChI is InChI=1S/C40H33ClN4O3S2/c1-25(37(46)45-40-34(24-42)33-20-17-29(22-36(33)50-40)27-9-4-2-5-10-27)49-32-14-8-13-31(23-32)43-39(48)35(21-26-15-18-30(41)19-16-26)44-38(47)28-11-6-3-7-12-28/h2-16,18-19,21,23,25,29H,17,20,22H2,1H3,(H,43,48)(H,44,47)(H,45,46)/b35-21-. The van der Waals surface area contributed by atoms with Crippen molar-refractivity contribution in [3.63, 3.8) is 0 Å². The molecule has 250 valence electrons. The van der Waals surface area contributed by atoms with E-state index in [0.29, 0.717) is 38.3 Å². The molecule has 50 heavy (non-hydrogen) atoms. The quantitative estimate of drug-likeness (QED) is 0.0987. The van der Waals surface area contributed by atoms with E-state index < -0.39 is 17.1 Å². The summed E-state index contributed by atoms with van der Waals surface area (Å²) in [5.74, 6) is -0.760. The van der Waals surface area contributed by atoms with Crippen molar-refractivity contribution in [2.24, 2.45) is 0 Å². The summed E-state index contributed by atoms with van der Waals surface area (Å²) < 4.78 is 0. The van der Waals surface area contributed by atoms with Crippen molar-refractivity contribution in [2.45, 2.75) is 42.2 Å². The number of fused-ring (bicyclic) bond motifs is 1. The highest BCUT2D eigenvalue weighted by Crippen LogP contribution is 2.42. The molecule has 0 aliphatic heterocycles. The van der Waals surface area contributed by atoms with Crippen LogP contribution in [0.2, 0.25) is 5.02 Å². The van der Waals surface area contributed by atoms with Crippen LogP contribution in [-0.4, -0.2) is 23.0 Å². The minimum Gasteiger partial charge on any atom is -0.321 e. The van der Waals surface area contributed by atoms with Gasteiger partial charge in [-0.25, -0.2) is 0 Å². The lowest BCUT2D eigenvalue weighted by Crippen LogP contribution is -2.30. The minimum atomic E-state index is -0.516. The number of thiophene rings is 1. The first-order valence-corrected chi connectivity index (χ1v) is 18.2. The summed E-state index contributed by atoms with van der Waals surface area (Å²) in [5.41, 5.74) is 4.54. The number of hydrogen-bond donors (Lipinski definition) is 3. The summed E-state index contributed by atoms with van der Waals surface area (Å²) >= 11 is 8.88. The van der Waals surface area contributed by atoms with Crippen LogP contribution in [0.4, 0.5) is 10.7 Å². The largest absolute Gasteiger partial charge is 0.321 e. The lowest BCUT2D eigenvalue weighted by molar-refractivity contribution is -0.115. The number of hydrogen-bond acceptors (Lipinski definition) is 6. The molecule has 4 aromatic carbocycles. The molecule has 3 N–H and O–H groups in total. The fourth-order valence-electron chi connectivity index (χ4n) is 5.79. The summed E-state index contributed by atoms with van der Waals surface area (Å²) in [6, 6.07) is 35.5. The first kappa shape index (κ1) is 34.7. The molecule has 0 radical (unpaired) electrons. The number of carbonyl (C=O) groups is 3. The fraction of sp³-hybridized carbons (Fsp3) is 0.150. The zero-order valence-electron chi connectivity index (χ0n) is 27.1. The van der Waals surface area contributed by atoms with E-state index in [-0.39, 0.29) is 11.6 Å². The highest BCUT2D eigenvalue weighted by Gasteiger charge is 2.28. The molecule has 0 saturated carbocycles. The van der Waals surface area contributed by atoms with Gasteiger partial charge in [-0.1, -0.05) is 78.3 Å². The Labute approximate surface area is 304 Å². The number of halogens is 1. The van der Waals surface area contributed by atoms with Gasteiger partial charge in [0.05, 0.1) is 10.8 Å². The molecule has 1 heterocycles. The van der Waals surface area contributed by atoms with E-state index >= 15 is 0 Å². The van der Waals surface area contributed by atoms with Crippen molar-refractivity contribution in [3.8, 4) is 6.07 Å². The van der Waals surface area contributed by atoms with E-state index in [9.17, 15) is 19.6 Å². The third kappa shape index (κ3) is 8.52. The normalized spacial score (nSPS) is 14.5. The topological polar surface area (TPSA) is 111 Å². The Kier molecular flexibility index (Phi) is 11.1. The third-order valence-corrected chi connectivity index (χ3v) is 10.9. The van der Waals surface area contributed by atoms with Crippen molar-refractivity contribution < 1.29 is 14.4 Å². The lowest BCUT2D eigenvalue weighted by Gasteiger charge is -2.22. The summed E-state index contributed by atoms with van der Waals surface area (Å²) in [6.07, 6.45) is 4.20. The van der Waals surface area contributed by atoms with Crippen molar-refractivity contribution in [3.05, 3.63) is 153 Å². The van der Waals surface area contributed by atoms with E-state index in [4.69, 9.17) is 11.6 Å². The molecule has 7 nitrogen and oxygen atoms in total. The average molecular weight is 717 g/mol. The molecule has 1 aromatic heterocycles.